The van der Waals surface area contributed by atoms with Gasteiger partial charge in [0, 0.05) is 19.2 Å². The molecule has 3 aliphatic heterocycles. The molecule has 0 N–H and O–H groups in total. The van der Waals surface area contributed by atoms with E-state index in [0.29, 0.717) is 12.1 Å². The Balaban J connectivity index is 0.956. The lowest BCUT2D eigenvalue weighted by atomic mass is 9.88. The second kappa shape index (κ2) is 13.2. The fourth-order valence-electron chi connectivity index (χ4n) is 5.92. The van der Waals surface area contributed by atoms with Gasteiger partial charge in [0.05, 0.1) is 18.1 Å². The third-order valence-electron chi connectivity index (χ3n) is 8.28. The molecule has 0 radical (unpaired) electrons. The van der Waals surface area contributed by atoms with Crippen LogP contribution in [-0.4, -0.2) is 72.5 Å². The number of fused-ring (bicyclic) bond motifs is 2. The van der Waals surface area contributed by atoms with Gasteiger partial charge in [-0.05, 0) is 85.7 Å². The number of rotatable bonds is 11. The van der Waals surface area contributed by atoms with Gasteiger partial charge in [-0.1, -0.05) is 22.9 Å². The van der Waals surface area contributed by atoms with Crippen LogP contribution in [0.2, 0.25) is 0 Å². The number of hydrogen-bond donors (Lipinski definition) is 0. The number of piperidine rings is 1. The molecular weight excluding hydrogens is 636 g/mol. The molecular formula is C32H31F2N5O7S. The summed E-state index contributed by atoms with van der Waals surface area (Å²) < 4.78 is 77.8. The lowest BCUT2D eigenvalue weighted by Gasteiger charge is -2.30. The van der Waals surface area contributed by atoms with Crippen molar-refractivity contribution in [3.05, 3.63) is 83.3 Å². The zero-order valence-corrected chi connectivity index (χ0v) is 26.0. The van der Waals surface area contributed by atoms with Crippen LogP contribution in [0.4, 0.5) is 8.78 Å². The second-order valence-corrected chi connectivity index (χ2v) is 13.0. The number of likely N-dealkylation sites (tertiary alicyclic amines) is 1. The van der Waals surface area contributed by atoms with Crippen LogP contribution in [-0.2, 0) is 16.4 Å². The molecule has 0 aliphatic carbocycles. The summed E-state index contributed by atoms with van der Waals surface area (Å²) in [5, 5.41) is 7.79. The molecule has 246 valence electrons. The average Bonchev–Trinajstić information content (AvgIpc) is 3.85. The summed E-state index contributed by atoms with van der Waals surface area (Å²) in [5.41, 5.74) is 5.22. The Labute approximate surface area is 269 Å². The number of benzene rings is 2. The summed E-state index contributed by atoms with van der Waals surface area (Å²) in [6, 6.07) is 14.3. The normalized spacial score (nSPS) is 15.8. The molecule has 7 rings (SSSR count). The molecule has 12 nitrogen and oxygen atoms in total. The predicted octanol–water partition coefficient (Wildman–Crippen LogP) is 4.89. The maximum absolute atomic E-state index is 12.9. The summed E-state index contributed by atoms with van der Waals surface area (Å²) in [5.74, 6) is 2.59. The fourth-order valence-corrected chi connectivity index (χ4v) is 6.95. The maximum atomic E-state index is 12.9. The van der Waals surface area contributed by atoms with E-state index >= 15 is 0 Å². The van der Waals surface area contributed by atoms with Crippen LogP contribution in [0.5, 0.6) is 28.9 Å². The van der Waals surface area contributed by atoms with Crippen molar-refractivity contribution in [3.8, 4) is 28.9 Å². The molecule has 0 bridgehead atoms. The number of aromatic nitrogens is 4. The third kappa shape index (κ3) is 6.72. The molecule has 0 amide bonds. The zero-order valence-electron chi connectivity index (χ0n) is 25.2. The fraction of sp³-hybridized carbons (Fsp3) is 0.344. The van der Waals surface area contributed by atoms with Crippen LogP contribution in [0.25, 0.3) is 5.57 Å². The Morgan fingerprint density at radius 2 is 1.53 bits per heavy atom. The Bertz CT molecular complexity index is 1830. The average molecular weight is 668 g/mol. The summed E-state index contributed by atoms with van der Waals surface area (Å²) in [4.78, 5) is 5.85. The number of alkyl halides is 2. The molecule has 0 unspecified atom stereocenters. The van der Waals surface area contributed by atoms with Crippen molar-refractivity contribution < 1.29 is 40.9 Å². The first-order chi connectivity index (χ1) is 22.8. The Kier molecular flexibility index (Phi) is 8.64. The molecule has 1 saturated heterocycles. The Morgan fingerprint density at radius 1 is 0.872 bits per heavy atom. The van der Waals surface area contributed by atoms with Gasteiger partial charge >= 0.3 is 6.61 Å². The summed E-state index contributed by atoms with van der Waals surface area (Å²) >= 11 is 0. The van der Waals surface area contributed by atoms with Gasteiger partial charge in [-0.15, -0.1) is 9.19 Å². The molecule has 2 aromatic carbocycles. The highest BCUT2D eigenvalue weighted by Gasteiger charge is 2.24. The number of pyridine rings is 1. The number of unbranched alkanes of at least 4 members (excludes halogenated alkanes) is 1. The molecule has 47 heavy (non-hydrogen) atoms. The third-order valence-corrected chi connectivity index (χ3v) is 9.79. The number of halogens is 2. The van der Waals surface area contributed by atoms with Crippen LogP contribution < -0.4 is 23.7 Å². The van der Waals surface area contributed by atoms with Crippen molar-refractivity contribution in [1.82, 2.24) is 24.3 Å². The van der Waals surface area contributed by atoms with E-state index in [4.69, 9.17) is 18.9 Å². The van der Waals surface area contributed by atoms with E-state index in [1.165, 1.54) is 17.3 Å². The lowest BCUT2D eigenvalue weighted by molar-refractivity contribution is -0.0529. The molecule has 5 heterocycles. The Hall–Kier alpha value is -4.76. The van der Waals surface area contributed by atoms with Crippen molar-refractivity contribution in [2.45, 2.75) is 43.6 Å². The van der Waals surface area contributed by atoms with Crippen LogP contribution in [0.3, 0.4) is 0 Å². The molecule has 4 aromatic rings. The molecule has 2 aromatic heterocycles. The monoisotopic (exact) mass is 667 g/mol. The highest BCUT2D eigenvalue weighted by Crippen LogP contribution is 2.42. The summed E-state index contributed by atoms with van der Waals surface area (Å²) in [6.07, 6.45) is 6.41. The van der Waals surface area contributed by atoms with E-state index in [2.05, 4.69) is 37.1 Å². The van der Waals surface area contributed by atoms with E-state index in [9.17, 15) is 17.2 Å². The van der Waals surface area contributed by atoms with E-state index in [1.54, 1.807) is 0 Å². The van der Waals surface area contributed by atoms with Gasteiger partial charge in [0.2, 0.25) is 19.5 Å². The zero-order chi connectivity index (χ0) is 32.4. The maximum Gasteiger partial charge on any atom is 0.388 e. The van der Waals surface area contributed by atoms with Crippen molar-refractivity contribution in [2.24, 2.45) is 0 Å². The summed E-state index contributed by atoms with van der Waals surface area (Å²) in [6.45, 7) is 0.115. The molecule has 0 atom stereocenters. The number of hydrogen-bond acceptors (Lipinski definition) is 11. The van der Waals surface area contributed by atoms with Gasteiger partial charge in [-0.2, -0.15) is 17.2 Å². The van der Waals surface area contributed by atoms with E-state index in [1.807, 2.05) is 24.3 Å². The molecule has 0 spiro atoms. The van der Waals surface area contributed by atoms with Gasteiger partial charge in [-0.25, -0.2) is 4.98 Å². The minimum absolute atomic E-state index is 0.214. The predicted molar refractivity (Wildman–Crippen MR) is 163 cm³/mol. The van der Waals surface area contributed by atoms with Crippen LogP contribution in [0.15, 0.2) is 71.4 Å². The largest absolute Gasteiger partial charge is 0.454 e. The van der Waals surface area contributed by atoms with Gasteiger partial charge in [0.25, 0.3) is 10.0 Å². The first-order valence-electron chi connectivity index (χ1n) is 15.2. The number of ether oxygens (including phenoxy) is 5. The van der Waals surface area contributed by atoms with Crippen molar-refractivity contribution in [1.29, 1.82) is 0 Å². The summed E-state index contributed by atoms with van der Waals surface area (Å²) in [7, 11) is -4.07. The van der Waals surface area contributed by atoms with Gasteiger partial charge < -0.3 is 28.6 Å². The van der Waals surface area contributed by atoms with Crippen molar-refractivity contribution in [2.75, 3.05) is 33.2 Å². The van der Waals surface area contributed by atoms with Crippen molar-refractivity contribution in [3.63, 3.8) is 0 Å². The highest BCUT2D eigenvalue weighted by molar-refractivity contribution is 7.89. The second-order valence-electron chi connectivity index (χ2n) is 11.2. The lowest BCUT2D eigenvalue weighted by Crippen LogP contribution is -2.32. The molecule has 0 saturated carbocycles. The van der Waals surface area contributed by atoms with Crippen molar-refractivity contribution >= 4 is 15.6 Å². The van der Waals surface area contributed by atoms with Crippen LogP contribution >= 0.6 is 0 Å². The first-order valence-corrected chi connectivity index (χ1v) is 16.6. The van der Waals surface area contributed by atoms with Gasteiger partial charge in [-0.3, -0.25) is 0 Å². The smallest absolute Gasteiger partial charge is 0.388 e. The van der Waals surface area contributed by atoms with Crippen LogP contribution in [0.1, 0.15) is 42.5 Å². The first kappa shape index (κ1) is 30.9. The standard InChI is InChI=1S/C32H31F2N5O7S/c33-32(34)46-30-9-6-25(17-35-30)47(40,41)39-18-24(36-37-39)3-1-2-12-38-13-10-21(11-14-38)31(22-4-7-26-28(15-22)44-19-42-26)23-5-8-27-29(16-23)45-20-43-27/h4-9,15-18,32H,1-3,10-14,19-20H2. The highest BCUT2D eigenvalue weighted by atomic mass is 32.2. The number of nitrogens with zero attached hydrogens (tertiary/aromatic N) is 5. The molecule has 1 fully saturated rings. The Morgan fingerprint density at radius 3 is 2.15 bits per heavy atom. The van der Waals surface area contributed by atoms with E-state index in [0.717, 1.165) is 102 Å². The van der Waals surface area contributed by atoms with E-state index < -0.39 is 16.6 Å². The van der Waals surface area contributed by atoms with E-state index in [-0.39, 0.29) is 24.4 Å². The van der Waals surface area contributed by atoms with Crippen LogP contribution in [0, 0.1) is 0 Å². The minimum atomic E-state index is -4.07. The van der Waals surface area contributed by atoms with Gasteiger partial charge in [0.15, 0.2) is 23.0 Å². The number of aryl methyl sites for hydroxylation is 1. The topological polar surface area (TPSA) is 127 Å². The quantitative estimate of drug-likeness (QED) is 0.203. The van der Waals surface area contributed by atoms with Gasteiger partial charge in [0.1, 0.15) is 4.90 Å². The molecule has 3 aliphatic rings. The minimum Gasteiger partial charge on any atom is -0.454 e. The SMILES string of the molecule is O=S(=O)(c1ccc(OC(F)F)nc1)n1cc(CCCCN2CCC(=C(c3ccc4c(c3)OCO4)c3ccc4c(c3)OCO4)CC2)nn1. The molecule has 15 heteroatoms.